The Morgan fingerprint density at radius 3 is 2.85 bits per heavy atom. The van der Waals surface area contributed by atoms with Crippen LogP contribution in [0.25, 0.3) is 5.69 Å². The molecule has 0 atom stereocenters. The average Bonchev–Trinajstić information content (AvgIpc) is 3.27. The van der Waals surface area contributed by atoms with Crippen LogP contribution in [0, 0.1) is 11.6 Å². The number of fused-ring (bicyclic) bond motifs is 1. The highest BCUT2D eigenvalue weighted by Crippen LogP contribution is 2.29. The summed E-state index contributed by atoms with van der Waals surface area (Å²) in [5, 5.41) is 7.14. The molecule has 1 aromatic carbocycles. The summed E-state index contributed by atoms with van der Waals surface area (Å²) in [6.45, 7) is 0. The molecular weight excluding hydrogens is 354 g/mol. The second kappa shape index (κ2) is 6.79. The van der Waals surface area contributed by atoms with E-state index in [2.05, 4.69) is 15.4 Å². The van der Waals surface area contributed by atoms with Crippen LogP contribution in [0.3, 0.4) is 0 Å². The van der Waals surface area contributed by atoms with E-state index in [1.165, 1.54) is 17.9 Å². The topological polar surface area (TPSA) is 69.0 Å². The van der Waals surface area contributed by atoms with Crippen LogP contribution in [0.5, 0.6) is 5.88 Å². The van der Waals surface area contributed by atoms with Crippen LogP contribution >= 0.6 is 0 Å². The number of rotatable bonds is 4. The lowest BCUT2D eigenvalue weighted by atomic mass is 10.2. The van der Waals surface area contributed by atoms with E-state index in [4.69, 9.17) is 4.74 Å². The van der Waals surface area contributed by atoms with Gasteiger partial charge in [-0.3, -0.25) is 4.79 Å². The molecule has 0 aliphatic heterocycles. The molecule has 0 spiro atoms. The monoisotopic (exact) mass is 370 g/mol. The van der Waals surface area contributed by atoms with Crippen molar-refractivity contribution in [3.8, 4) is 11.6 Å². The summed E-state index contributed by atoms with van der Waals surface area (Å²) < 4.78 is 33.5. The SMILES string of the molecule is COc1ncccc1NC(=O)c1nn(-c2ccc(F)c(F)c2)c2c1CCC2. The largest absolute Gasteiger partial charge is 0.480 e. The Hall–Kier alpha value is -3.29. The molecule has 1 aliphatic carbocycles. The third kappa shape index (κ3) is 3.03. The van der Waals surface area contributed by atoms with E-state index in [0.717, 1.165) is 29.8 Å². The number of carbonyl (C=O) groups excluding carboxylic acids is 1. The molecule has 1 amide bonds. The van der Waals surface area contributed by atoms with Crippen molar-refractivity contribution in [2.75, 3.05) is 12.4 Å². The van der Waals surface area contributed by atoms with Gasteiger partial charge < -0.3 is 10.1 Å². The second-order valence-corrected chi connectivity index (χ2v) is 6.15. The summed E-state index contributed by atoms with van der Waals surface area (Å²) in [6.07, 6.45) is 3.84. The van der Waals surface area contributed by atoms with Crippen molar-refractivity contribution in [1.82, 2.24) is 14.8 Å². The molecule has 8 heteroatoms. The highest BCUT2D eigenvalue weighted by molar-refractivity contribution is 6.04. The fourth-order valence-electron chi connectivity index (χ4n) is 3.28. The summed E-state index contributed by atoms with van der Waals surface area (Å²) in [6, 6.07) is 6.93. The molecule has 2 aromatic heterocycles. The van der Waals surface area contributed by atoms with Gasteiger partial charge in [0, 0.05) is 23.5 Å². The van der Waals surface area contributed by atoms with E-state index in [1.807, 2.05) is 0 Å². The number of methoxy groups -OCH3 is 1. The van der Waals surface area contributed by atoms with E-state index in [9.17, 15) is 13.6 Å². The Balaban J connectivity index is 1.72. The van der Waals surface area contributed by atoms with Gasteiger partial charge in [-0.25, -0.2) is 18.4 Å². The van der Waals surface area contributed by atoms with Gasteiger partial charge in [-0.2, -0.15) is 5.10 Å². The van der Waals surface area contributed by atoms with Crippen molar-refractivity contribution in [1.29, 1.82) is 0 Å². The van der Waals surface area contributed by atoms with Gasteiger partial charge in [0.05, 0.1) is 12.8 Å². The fourth-order valence-corrected chi connectivity index (χ4v) is 3.28. The van der Waals surface area contributed by atoms with E-state index in [0.29, 0.717) is 30.1 Å². The molecule has 138 valence electrons. The van der Waals surface area contributed by atoms with Gasteiger partial charge in [-0.15, -0.1) is 0 Å². The van der Waals surface area contributed by atoms with Gasteiger partial charge in [0.25, 0.3) is 5.91 Å². The van der Waals surface area contributed by atoms with Crippen LogP contribution in [-0.2, 0) is 12.8 Å². The maximum atomic E-state index is 13.6. The summed E-state index contributed by atoms with van der Waals surface area (Å²) in [4.78, 5) is 16.9. The first-order chi connectivity index (χ1) is 13.1. The molecule has 0 saturated carbocycles. The van der Waals surface area contributed by atoms with Gasteiger partial charge in [-0.1, -0.05) is 0 Å². The van der Waals surface area contributed by atoms with E-state index < -0.39 is 17.5 Å². The predicted molar refractivity (Wildman–Crippen MR) is 94.2 cm³/mol. The summed E-state index contributed by atoms with van der Waals surface area (Å²) in [7, 11) is 1.47. The Bertz CT molecular complexity index is 1030. The number of anilines is 1. The summed E-state index contributed by atoms with van der Waals surface area (Å²) >= 11 is 0. The zero-order valence-electron chi connectivity index (χ0n) is 14.5. The number of nitrogens with one attached hydrogen (secondary N) is 1. The highest BCUT2D eigenvalue weighted by Gasteiger charge is 2.27. The van der Waals surface area contributed by atoms with Crippen molar-refractivity contribution in [3.63, 3.8) is 0 Å². The summed E-state index contributed by atoms with van der Waals surface area (Å²) in [5.41, 5.74) is 2.73. The van der Waals surface area contributed by atoms with Gasteiger partial charge in [0.15, 0.2) is 17.3 Å². The molecular formula is C19H16F2N4O2. The molecule has 0 radical (unpaired) electrons. The molecule has 4 rings (SSSR count). The van der Waals surface area contributed by atoms with Crippen molar-refractivity contribution < 1.29 is 18.3 Å². The lowest BCUT2D eigenvalue weighted by molar-refractivity contribution is 0.102. The Kier molecular flexibility index (Phi) is 4.31. The first-order valence-electron chi connectivity index (χ1n) is 8.45. The Labute approximate surface area is 153 Å². The molecule has 1 N–H and O–H groups in total. The second-order valence-electron chi connectivity index (χ2n) is 6.15. The zero-order valence-corrected chi connectivity index (χ0v) is 14.5. The normalized spacial score (nSPS) is 12.7. The fraction of sp³-hybridized carbons (Fsp3) is 0.211. The number of aromatic nitrogens is 3. The van der Waals surface area contributed by atoms with Crippen LogP contribution in [0.4, 0.5) is 14.5 Å². The minimum absolute atomic E-state index is 0.262. The van der Waals surface area contributed by atoms with Crippen molar-refractivity contribution >= 4 is 11.6 Å². The lowest BCUT2D eigenvalue weighted by Gasteiger charge is -2.08. The van der Waals surface area contributed by atoms with Crippen molar-refractivity contribution in [2.24, 2.45) is 0 Å². The molecule has 3 aromatic rings. The maximum Gasteiger partial charge on any atom is 0.276 e. The number of ether oxygens (including phenoxy) is 1. The number of carbonyl (C=O) groups is 1. The van der Waals surface area contributed by atoms with Crippen LogP contribution in [0.1, 0.15) is 28.2 Å². The number of halogens is 2. The first-order valence-corrected chi connectivity index (χ1v) is 8.45. The number of amides is 1. The molecule has 0 saturated heterocycles. The quantitative estimate of drug-likeness (QED) is 0.765. The Morgan fingerprint density at radius 1 is 1.22 bits per heavy atom. The van der Waals surface area contributed by atoms with Crippen LogP contribution in [0.2, 0.25) is 0 Å². The third-order valence-electron chi connectivity index (χ3n) is 4.51. The molecule has 27 heavy (non-hydrogen) atoms. The zero-order chi connectivity index (χ0) is 19.0. The minimum atomic E-state index is -0.958. The van der Waals surface area contributed by atoms with E-state index in [-0.39, 0.29) is 5.69 Å². The van der Waals surface area contributed by atoms with Gasteiger partial charge in [0.2, 0.25) is 5.88 Å². The van der Waals surface area contributed by atoms with Gasteiger partial charge in [-0.05, 0) is 43.5 Å². The van der Waals surface area contributed by atoms with Crippen LogP contribution < -0.4 is 10.1 Å². The third-order valence-corrected chi connectivity index (χ3v) is 4.51. The van der Waals surface area contributed by atoms with Gasteiger partial charge in [0.1, 0.15) is 5.69 Å². The Morgan fingerprint density at radius 2 is 2.07 bits per heavy atom. The standard InChI is InChI=1S/C19H16F2N4O2/c1-27-19-15(5-3-9-22-19)23-18(26)17-12-4-2-6-16(12)25(24-17)11-7-8-13(20)14(21)10-11/h3,5,7-10H,2,4,6H2,1H3,(H,23,26). The molecule has 1 aliphatic rings. The predicted octanol–water partition coefficient (Wildman–Crippen LogP) is 3.30. The number of pyridine rings is 1. The van der Waals surface area contributed by atoms with Crippen molar-refractivity contribution in [3.05, 3.63) is 65.1 Å². The molecule has 0 unspecified atom stereocenters. The first kappa shape index (κ1) is 17.1. The number of hydrogen-bond acceptors (Lipinski definition) is 4. The average molecular weight is 370 g/mol. The smallest absolute Gasteiger partial charge is 0.276 e. The molecule has 0 fully saturated rings. The maximum absolute atomic E-state index is 13.6. The lowest BCUT2D eigenvalue weighted by Crippen LogP contribution is -2.15. The molecule has 2 heterocycles. The number of nitrogens with zero attached hydrogens (tertiary/aromatic N) is 3. The minimum Gasteiger partial charge on any atom is -0.480 e. The molecule has 6 nitrogen and oxygen atoms in total. The van der Waals surface area contributed by atoms with Crippen molar-refractivity contribution in [2.45, 2.75) is 19.3 Å². The highest BCUT2D eigenvalue weighted by atomic mass is 19.2. The van der Waals surface area contributed by atoms with Gasteiger partial charge >= 0.3 is 0 Å². The van der Waals surface area contributed by atoms with E-state index >= 15 is 0 Å². The number of hydrogen-bond donors (Lipinski definition) is 1. The summed E-state index contributed by atoms with van der Waals surface area (Å²) in [5.74, 6) is -1.99. The van der Waals surface area contributed by atoms with E-state index in [1.54, 1.807) is 18.3 Å². The van der Waals surface area contributed by atoms with Crippen LogP contribution in [0.15, 0.2) is 36.5 Å². The molecule has 0 bridgehead atoms. The van der Waals surface area contributed by atoms with Crippen LogP contribution in [-0.4, -0.2) is 27.8 Å². The number of benzene rings is 1.